The molecule has 8 nitrogen and oxygen atoms in total. The summed E-state index contributed by atoms with van der Waals surface area (Å²) in [4.78, 5) is 22.4. The van der Waals surface area contributed by atoms with Gasteiger partial charge in [-0.05, 0) is 19.8 Å². The Kier molecular flexibility index (Phi) is 6.11. The summed E-state index contributed by atoms with van der Waals surface area (Å²) in [7, 11) is -1.08. The Morgan fingerprint density at radius 1 is 1.38 bits per heavy atom. The summed E-state index contributed by atoms with van der Waals surface area (Å²) in [5.41, 5.74) is 5.28. The molecule has 2 atom stereocenters. The average molecular weight is 321 g/mol. The smallest absolute Gasteiger partial charge is 0.306 e. The van der Waals surface area contributed by atoms with Gasteiger partial charge in [0.15, 0.2) is 0 Å². The fraction of sp³-hybridized carbons (Fsp3) is 0.833. The molecule has 21 heavy (non-hydrogen) atoms. The van der Waals surface area contributed by atoms with Crippen molar-refractivity contribution in [3.05, 3.63) is 0 Å². The molecule has 1 aliphatic heterocycles. The summed E-state index contributed by atoms with van der Waals surface area (Å²) in [6.45, 7) is 1.91. The van der Waals surface area contributed by atoms with E-state index in [4.69, 9.17) is 5.73 Å². The Labute approximate surface area is 125 Å². The third-order valence-electron chi connectivity index (χ3n) is 3.78. The minimum atomic E-state index is -3.73. The topological polar surface area (TPSA) is 110 Å². The maximum absolute atomic E-state index is 12.5. The standard InChI is InChI=1S/C12H23N3O5S/c1-9-4-5-10(12(13)17)8-15(9)21(18,19)14(2)7-6-11(16)20-3/h9-10H,4-8H2,1-3H3,(H2,13,17). The van der Waals surface area contributed by atoms with E-state index in [1.54, 1.807) is 6.92 Å². The predicted octanol–water partition coefficient (Wildman–Crippen LogP) is -0.688. The molecule has 1 saturated heterocycles. The van der Waals surface area contributed by atoms with Crippen molar-refractivity contribution in [2.45, 2.75) is 32.2 Å². The SMILES string of the molecule is COC(=O)CCN(C)S(=O)(=O)N1CC(C(N)=O)CCC1C. The number of primary amides is 1. The van der Waals surface area contributed by atoms with Crippen molar-refractivity contribution in [3.63, 3.8) is 0 Å². The van der Waals surface area contributed by atoms with Crippen molar-refractivity contribution in [1.29, 1.82) is 0 Å². The first-order valence-electron chi connectivity index (χ1n) is 6.79. The maximum Gasteiger partial charge on any atom is 0.306 e. The zero-order chi connectivity index (χ0) is 16.2. The highest BCUT2D eigenvalue weighted by Gasteiger charge is 2.37. The van der Waals surface area contributed by atoms with Crippen LogP contribution in [0.4, 0.5) is 0 Å². The molecule has 2 unspecified atom stereocenters. The number of piperidine rings is 1. The zero-order valence-electron chi connectivity index (χ0n) is 12.6. The molecule has 1 rings (SSSR count). The predicted molar refractivity (Wildman–Crippen MR) is 76.3 cm³/mol. The van der Waals surface area contributed by atoms with Gasteiger partial charge in [0.1, 0.15) is 0 Å². The third kappa shape index (κ3) is 4.39. The van der Waals surface area contributed by atoms with Crippen LogP contribution in [-0.2, 0) is 24.5 Å². The number of nitrogens with zero attached hydrogens (tertiary/aromatic N) is 2. The van der Waals surface area contributed by atoms with Gasteiger partial charge in [-0.2, -0.15) is 17.0 Å². The largest absolute Gasteiger partial charge is 0.469 e. The van der Waals surface area contributed by atoms with E-state index in [-0.39, 0.29) is 25.6 Å². The van der Waals surface area contributed by atoms with Gasteiger partial charge in [-0.25, -0.2) is 0 Å². The normalized spacial score (nSPS) is 24.0. The zero-order valence-corrected chi connectivity index (χ0v) is 13.4. The van der Waals surface area contributed by atoms with E-state index in [2.05, 4.69) is 4.74 Å². The van der Waals surface area contributed by atoms with Crippen molar-refractivity contribution < 1.29 is 22.7 Å². The van der Waals surface area contributed by atoms with E-state index in [0.717, 1.165) is 4.31 Å². The van der Waals surface area contributed by atoms with Gasteiger partial charge >= 0.3 is 5.97 Å². The lowest BCUT2D eigenvalue weighted by molar-refractivity contribution is -0.140. The summed E-state index contributed by atoms with van der Waals surface area (Å²) in [6, 6.07) is -0.203. The van der Waals surface area contributed by atoms with E-state index in [1.807, 2.05) is 0 Å². The van der Waals surface area contributed by atoms with Crippen LogP contribution in [0, 0.1) is 5.92 Å². The fourth-order valence-corrected chi connectivity index (χ4v) is 3.88. The van der Waals surface area contributed by atoms with Crippen LogP contribution in [0.1, 0.15) is 26.2 Å². The Morgan fingerprint density at radius 3 is 2.52 bits per heavy atom. The van der Waals surface area contributed by atoms with Crippen LogP contribution in [0.5, 0.6) is 0 Å². The number of ether oxygens (including phenoxy) is 1. The summed E-state index contributed by atoms with van der Waals surface area (Å²) < 4.78 is 31.9. The van der Waals surface area contributed by atoms with Crippen molar-refractivity contribution in [3.8, 4) is 0 Å². The van der Waals surface area contributed by atoms with Crippen molar-refractivity contribution in [2.75, 3.05) is 27.2 Å². The Bertz CT molecular complexity index is 493. The van der Waals surface area contributed by atoms with Gasteiger partial charge in [0, 0.05) is 26.2 Å². The molecule has 0 aliphatic carbocycles. The van der Waals surface area contributed by atoms with E-state index >= 15 is 0 Å². The second-order valence-electron chi connectivity index (χ2n) is 5.25. The van der Waals surface area contributed by atoms with Gasteiger partial charge in [-0.15, -0.1) is 0 Å². The first kappa shape index (κ1) is 17.9. The first-order chi connectivity index (χ1) is 9.70. The molecule has 0 aromatic heterocycles. The second kappa shape index (κ2) is 7.19. The molecule has 2 N–H and O–H groups in total. The van der Waals surface area contributed by atoms with Gasteiger partial charge in [0.25, 0.3) is 10.2 Å². The lowest BCUT2D eigenvalue weighted by Crippen LogP contribution is -2.52. The summed E-state index contributed by atoms with van der Waals surface area (Å²) in [5.74, 6) is -1.43. The van der Waals surface area contributed by atoms with E-state index in [0.29, 0.717) is 12.8 Å². The molecule has 122 valence electrons. The summed E-state index contributed by atoms with van der Waals surface area (Å²) in [5, 5.41) is 0. The van der Waals surface area contributed by atoms with Crippen molar-refractivity contribution in [1.82, 2.24) is 8.61 Å². The monoisotopic (exact) mass is 321 g/mol. The number of methoxy groups -OCH3 is 1. The molecule has 1 heterocycles. The van der Waals surface area contributed by atoms with Crippen molar-refractivity contribution >= 4 is 22.1 Å². The summed E-state index contributed by atoms with van der Waals surface area (Å²) in [6.07, 6.45) is 1.15. The Morgan fingerprint density at radius 2 is 2.00 bits per heavy atom. The number of hydrogen-bond acceptors (Lipinski definition) is 5. The molecule has 1 aliphatic rings. The van der Waals surface area contributed by atoms with Gasteiger partial charge in [-0.3, -0.25) is 9.59 Å². The van der Waals surface area contributed by atoms with Crippen LogP contribution in [0.3, 0.4) is 0 Å². The number of nitrogens with two attached hydrogens (primary N) is 1. The third-order valence-corrected chi connectivity index (χ3v) is 5.85. The molecule has 1 fully saturated rings. The lowest BCUT2D eigenvalue weighted by atomic mass is 9.95. The van der Waals surface area contributed by atoms with Gasteiger partial charge in [-0.1, -0.05) is 0 Å². The number of carbonyl (C=O) groups excluding carboxylic acids is 2. The van der Waals surface area contributed by atoms with E-state index < -0.39 is 28.0 Å². The second-order valence-corrected chi connectivity index (χ2v) is 7.24. The van der Waals surface area contributed by atoms with Crippen LogP contribution in [0.25, 0.3) is 0 Å². The highest BCUT2D eigenvalue weighted by molar-refractivity contribution is 7.86. The quantitative estimate of drug-likeness (QED) is 0.651. The van der Waals surface area contributed by atoms with E-state index in [9.17, 15) is 18.0 Å². The highest BCUT2D eigenvalue weighted by atomic mass is 32.2. The molecule has 1 amide bonds. The molecule has 0 aromatic rings. The number of amides is 1. The van der Waals surface area contributed by atoms with Crippen LogP contribution >= 0.6 is 0 Å². The molecule has 0 spiro atoms. The van der Waals surface area contributed by atoms with Crippen LogP contribution < -0.4 is 5.73 Å². The molecular weight excluding hydrogens is 298 g/mol. The van der Waals surface area contributed by atoms with Gasteiger partial charge in [0.05, 0.1) is 19.4 Å². The number of rotatable bonds is 6. The Hall–Kier alpha value is -1.19. The number of hydrogen-bond donors (Lipinski definition) is 1. The number of carbonyl (C=O) groups is 2. The molecule has 0 saturated carbocycles. The molecule has 9 heteroatoms. The Balaban J connectivity index is 2.79. The van der Waals surface area contributed by atoms with Crippen LogP contribution in [0.2, 0.25) is 0 Å². The van der Waals surface area contributed by atoms with Gasteiger partial charge in [0.2, 0.25) is 5.91 Å². The van der Waals surface area contributed by atoms with Crippen molar-refractivity contribution in [2.24, 2.45) is 11.7 Å². The molecular formula is C12H23N3O5S. The molecule has 0 bridgehead atoms. The number of esters is 1. The molecule has 0 aromatic carbocycles. The van der Waals surface area contributed by atoms with E-state index in [1.165, 1.54) is 18.5 Å². The van der Waals surface area contributed by atoms with Crippen LogP contribution in [0.15, 0.2) is 0 Å². The molecule has 0 radical (unpaired) electrons. The summed E-state index contributed by atoms with van der Waals surface area (Å²) >= 11 is 0. The van der Waals surface area contributed by atoms with Gasteiger partial charge < -0.3 is 10.5 Å². The van der Waals surface area contributed by atoms with Crippen LogP contribution in [-0.4, -0.2) is 62.2 Å². The first-order valence-corrected chi connectivity index (χ1v) is 8.19. The lowest BCUT2D eigenvalue weighted by Gasteiger charge is -2.37. The highest BCUT2D eigenvalue weighted by Crippen LogP contribution is 2.25. The minimum absolute atomic E-state index is 0.0201. The fourth-order valence-electron chi connectivity index (χ4n) is 2.27. The maximum atomic E-state index is 12.5. The average Bonchev–Trinajstić information content (AvgIpc) is 2.44. The minimum Gasteiger partial charge on any atom is -0.469 e.